The minimum absolute atomic E-state index is 0.276. The van der Waals surface area contributed by atoms with Gasteiger partial charge in [-0.3, -0.25) is 4.90 Å². The first-order chi connectivity index (χ1) is 13.7. The molecule has 1 aromatic heterocycles. The first-order valence-corrected chi connectivity index (χ1v) is 9.75. The molecule has 146 valence electrons. The fourth-order valence-corrected chi connectivity index (χ4v) is 3.60. The third-order valence-corrected chi connectivity index (χ3v) is 5.14. The zero-order valence-electron chi connectivity index (χ0n) is 16.2. The Hall–Kier alpha value is -2.47. The number of β-amino-alcohol motifs (C(OH)–C–C–N with tert-alkyl or cyclic N) is 1. The first-order valence-electron chi connectivity index (χ1n) is 9.75. The molecule has 5 heteroatoms. The Morgan fingerprint density at radius 2 is 1.93 bits per heavy atom. The average molecular weight is 378 g/mol. The van der Waals surface area contributed by atoms with Crippen LogP contribution in [-0.4, -0.2) is 41.0 Å². The largest absolute Gasteiger partial charge is 0.389 e. The van der Waals surface area contributed by atoms with Gasteiger partial charge in [0.2, 0.25) is 0 Å². The summed E-state index contributed by atoms with van der Waals surface area (Å²) in [6, 6.07) is 18.6. The fraction of sp³-hybridized carbons (Fsp3) is 0.348. The predicted molar refractivity (Wildman–Crippen MR) is 108 cm³/mol. The number of ether oxygens (including phenoxy) is 1. The third-order valence-electron chi connectivity index (χ3n) is 5.14. The first kappa shape index (κ1) is 18.9. The van der Waals surface area contributed by atoms with Crippen LogP contribution in [0.25, 0.3) is 11.3 Å². The summed E-state index contributed by atoms with van der Waals surface area (Å²) in [6.45, 7) is 5.10. The molecule has 0 saturated heterocycles. The summed E-state index contributed by atoms with van der Waals surface area (Å²) in [5.41, 5.74) is 5.80. The number of rotatable bonds is 7. The van der Waals surface area contributed by atoms with Crippen molar-refractivity contribution in [2.24, 2.45) is 0 Å². The Bertz CT molecular complexity index is 904. The van der Waals surface area contributed by atoms with Gasteiger partial charge in [0.25, 0.3) is 0 Å². The second kappa shape index (κ2) is 8.69. The van der Waals surface area contributed by atoms with Crippen molar-refractivity contribution in [3.8, 4) is 11.3 Å². The lowest BCUT2D eigenvalue weighted by Gasteiger charge is -2.30. The van der Waals surface area contributed by atoms with Crippen LogP contribution < -0.4 is 0 Å². The van der Waals surface area contributed by atoms with Crippen molar-refractivity contribution in [3.63, 3.8) is 0 Å². The predicted octanol–water partition coefficient (Wildman–Crippen LogP) is 3.59. The molecule has 0 aliphatic carbocycles. The molecule has 0 radical (unpaired) electrons. The highest BCUT2D eigenvalue weighted by molar-refractivity contribution is 5.59. The van der Waals surface area contributed by atoms with Crippen molar-refractivity contribution in [1.82, 2.24) is 10.1 Å². The molecule has 0 saturated carbocycles. The third kappa shape index (κ3) is 4.68. The zero-order chi connectivity index (χ0) is 19.3. The van der Waals surface area contributed by atoms with Crippen LogP contribution in [0.1, 0.15) is 22.5 Å². The van der Waals surface area contributed by atoms with E-state index in [9.17, 15) is 5.11 Å². The average Bonchev–Trinajstić information content (AvgIpc) is 3.17. The molecule has 1 aliphatic heterocycles. The maximum atomic E-state index is 10.3. The van der Waals surface area contributed by atoms with E-state index >= 15 is 0 Å². The van der Waals surface area contributed by atoms with E-state index < -0.39 is 6.10 Å². The van der Waals surface area contributed by atoms with Crippen molar-refractivity contribution in [2.45, 2.75) is 32.6 Å². The van der Waals surface area contributed by atoms with E-state index in [2.05, 4.69) is 53.4 Å². The zero-order valence-corrected chi connectivity index (χ0v) is 16.2. The molecule has 0 fully saturated rings. The highest BCUT2D eigenvalue weighted by atomic mass is 16.5. The van der Waals surface area contributed by atoms with Crippen LogP contribution >= 0.6 is 0 Å². The fourth-order valence-electron chi connectivity index (χ4n) is 3.60. The van der Waals surface area contributed by atoms with E-state index in [4.69, 9.17) is 9.26 Å². The van der Waals surface area contributed by atoms with Crippen LogP contribution in [0, 0.1) is 6.92 Å². The van der Waals surface area contributed by atoms with Gasteiger partial charge in [0, 0.05) is 31.3 Å². The molecule has 28 heavy (non-hydrogen) atoms. The number of fused-ring (bicyclic) bond motifs is 1. The van der Waals surface area contributed by atoms with Gasteiger partial charge < -0.3 is 14.4 Å². The number of benzene rings is 2. The van der Waals surface area contributed by atoms with Gasteiger partial charge in [0.1, 0.15) is 12.3 Å². The van der Waals surface area contributed by atoms with Gasteiger partial charge in [-0.15, -0.1) is 0 Å². The van der Waals surface area contributed by atoms with E-state index in [1.54, 1.807) is 0 Å². The Labute approximate surface area is 165 Å². The second-order valence-corrected chi connectivity index (χ2v) is 7.47. The van der Waals surface area contributed by atoms with E-state index in [1.165, 1.54) is 16.7 Å². The molecule has 4 rings (SSSR count). The van der Waals surface area contributed by atoms with Gasteiger partial charge in [-0.05, 0) is 24.5 Å². The second-order valence-electron chi connectivity index (χ2n) is 7.47. The Morgan fingerprint density at radius 3 is 2.75 bits per heavy atom. The number of hydrogen-bond donors (Lipinski definition) is 1. The maximum absolute atomic E-state index is 10.3. The molecule has 0 spiro atoms. The Morgan fingerprint density at radius 1 is 1.14 bits per heavy atom. The van der Waals surface area contributed by atoms with E-state index in [-0.39, 0.29) is 6.61 Å². The number of aromatic nitrogens is 1. The van der Waals surface area contributed by atoms with Crippen LogP contribution in [-0.2, 0) is 24.3 Å². The van der Waals surface area contributed by atoms with Gasteiger partial charge in [-0.2, -0.15) is 0 Å². The molecule has 1 unspecified atom stereocenters. The number of aliphatic hydroxyl groups is 1. The molecule has 0 amide bonds. The van der Waals surface area contributed by atoms with Crippen molar-refractivity contribution in [3.05, 3.63) is 77.0 Å². The molecular formula is C23H26N2O3. The summed E-state index contributed by atoms with van der Waals surface area (Å²) in [4.78, 5) is 2.28. The van der Waals surface area contributed by atoms with Gasteiger partial charge in [-0.1, -0.05) is 59.3 Å². The summed E-state index contributed by atoms with van der Waals surface area (Å²) in [5, 5.41) is 14.4. The van der Waals surface area contributed by atoms with Crippen molar-refractivity contribution >= 4 is 0 Å². The van der Waals surface area contributed by atoms with Gasteiger partial charge in [-0.25, -0.2) is 0 Å². The van der Waals surface area contributed by atoms with Crippen molar-refractivity contribution in [2.75, 3.05) is 19.7 Å². The number of nitrogens with zero attached hydrogens (tertiary/aromatic N) is 2. The highest BCUT2D eigenvalue weighted by Gasteiger charge is 2.18. The van der Waals surface area contributed by atoms with Crippen LogP contribution in [0.3, 0.4) is 0 Å². The number of aliphatic hydroxyl groups excluding tert-OH is 1. The van der Waals surface area contributed by atoms with Gasteiger partial charge >= 0.3 is 0 Å². The summed E-state index contributed by atoms with van der Waals surface area (Å²) in [6.07, 6.45) is 0.508. The van der Waals surface area contributed by atoms with Crippen molar-refractivity contribution in [1.29, 1.82) is 0 Å². The van der Waals surface area contributed by atoms with Crippen molar-refractivity contribution < 1.29 is 14.4 Å². The van der Waals surface area contributed by atoms with E-state index in [0.29, 0.717) is 18.9 Å². The normalized spacial score (nSPS) is 15.4. The lowest BCUT2D eigenvalue weighted by atomic mass is 10.00. The molecule has 5 nitrogen and oxygen atoms in total. The smallest absolute Gasteiger partial charge is 0.163 e. The summed E-state index contributed by atoms with van der Waals surface area (Å²) in [5.74, 6) is 0.662. The van der Waals surface area contributed by atoms with Crippen LogP contribution in [0.4, 0.5) is 0 Å². The highest BCUT2D eigenvalue weighted by Crippen LogP contribution is 2.20. The topological polar surface area (TPSA) is 58.7 Å². The SMILES string of the molecule is Cc1ccc(-c2cc(COCC(O)CN3CCc4ccccc4C3)on2)cc1. The Balaban J connectivity index is 1.23. The Kier molecular flexibility index (Phi) is 5.86. The molecule has 1 atom stereocenters. The van der Waals surface area contributed by atoms with E-state index in [1.807, 2.05) is 18.2 Å². The minimum atomic E-state index is -0.523. The maximum Gasteiger partial charge on any atom is 0.163 e. The molecule has 2 aromatic carbocycles. The monoisotopic (exact) mass is 378 g/mol. The van der Waals surface area contributed by atoms with Crippen LogP contribution in [0.5, 0.6) is 0 Å². The molecule has 1 aliphatic rings. The minimum Gasteiger partial charge on any atom is -0.389 e. The molecule has 2 heterocycles. The molecular weight excluding hydrogens is 352 g/mol. The molecule has 0 bridgehead atoms. The van der Waals surface area contributed by atoms with E-state index in [0.717, 1.165) is 30.8 Å². The quantitative estimate of drug-likeness (QED) is 0.681. The lowest BCUT2D eigenvalue weighted by Crippen LogP contribution is -2.38. The molecule has 1 N–H and O–H groups in total. The number of hydrogen-bond acceptors (Lipinski definition) is 5. The number of aryl methyl sites for hydroxylation is 1. The van der Waals surface area contributed by atoms with Crippen LogP contribution in [0.15, 0.2) is 59.1 Å². The summed E-state index contributed by atoms with van der Waals surface area (Å²) >= 11 is 0. The molecule has 3 aromatic rings. The van der Waals surface area contributed by atoms with Gasteiger partial charge in [0.05, 0.1) is 12.7 Å². The standard InChI is InChI=1S/C23H26N2O3/c1-17-6-8-19(9-7-17)23-12-22(28-24-23)16-27-15-21(26)14-25-11-10-18-4-2-3-5-20(18)13-25/h2-9,12,21,26H,10-11,13-16H2,1H3. The summed E-state index contributed by atoms with van der Waals surface area (Å²) < 4.78 is 11.0. The summed E-state index contributed by atoms with van der Waals surface area (Å²) in [7, 11) is 0. The lowest BCUT2D eigenvalue weighted by molar-refractivity contribution is 0.00189. The van der Waals surface area contributed by atoms with Crippen LogP contribution in [0.2, 0.25) is 0 Å². The van der Waals surface area contributed by atoms with Gasteiger partial charge in [0.15, 0.2) is 5.76 Å².